The number of hydrogen-bond acceptors (Lipinski definition) is 2. The lowest BCUT2D eigenvalue weighted by Gasteiger charge is -2.19. The molecule has 1 aliphatic heterocycles. The number of fused-ring (bicyclic) bond motifs is 1. The van der Waals surface area contributed by atoms with E-state index < -0.39 is 0 Å². The summed E-state index contributed by atoms with van der Waals surface area (Å²) in [5, 5.41) is 0. The zero-order valence-electron chi connectivity index (χ0n) is 11.4. The lowest BCUT2D eigenvalue weighted by Crippen LogP contribution is -2.16. The van der Waals surface area contributed by atoms with Crippen LogP contribution in [0, 0.1) is 0 Å². The molecule has 100 valence electrons. The maximum atomic E-state index is 5.68. The van der Waals surface area contributed by atoms with Crippen LogP contribution in [0.25, 0.3) is 6.08 Å². The van der Waals surface area contributed by atoms with Crippen LogP contribution in [0.15, 0.2) is 36.1 Å². The molecule has 0 fully saturated rings. The summed E-state index contributed by atoms with van der Waals surface area (Å²) in [4.78, 5) is 0. The van der Waals surface area contributed by atoms with Gasteiger partial charge in [-0.15, -0.1) is 0 Å². The molecule has 0 saturated carbocycles. The third-order valence-corrected chi connectivity index (χ3v) is 3.91. The monoisotopic (exact) mass is 256 g/mol. The molecule has 0 radical (unpaired) electrons. The molecule has 1 unspecified atom stereocenters. The van der Waals surface area contributed by atoms with Crippen molar-refractivity contribution >= 4 is 6.08 Å². The van der Waals surface area contributed by atoms with Gasteiger partial charge in [0.05, 0.1) is 25.6 Å². The topological polar surface area (TPSA) is 18.5 Å². The lowest BCUT2D eigenvalue weighted by molar-refractivity contribution is 0.0771. The van der Waals surface area contributed by atoms with E-state index in [4.69, 9.17) is 9.47 Å². The highest BCUT2D eigenvalue weighted by Gasteiger charge is 2.14. The van der Waals surface area contributed by atoms with Crippen molar-refractivity contribution in [1.29, 1.82) is 0 Å². The van der Waals surface area contributed by atoms with Gasteiger partial charge in [0.15, 0.2) is 0 Å². The van der Waals surface area contributed by atoms with E-state index in [-0.39, 0.29) is 6.10 Å². The minimum absolute atomic E-state index is 0.133. The molecule has 0 amide bonds. The van der Waals surface area contributed by atoms with Crippen molar-refractivity contribution in [1.82, 2.24) is 0 Å². The molecule has 1 aliphatic carbocycles. The van der Waals surface area contributed by atoms with E-state index >= 15 is 0 Å². The van der Waals surface area contributed by atoms with Gasteiger partial charge in [-0.2, -0.15) is 0 Å². The van der Waals surface area contributed by atoms with Crippen molar-refractivity contribution in [3.63, 3.8) is 0 Å². The lowest BCUT2D eigenvalue weighted by atomic mass is 10.0. The summed E-state index contributed by atoms with van der Waals surface area (Å²) in [6.07, 6.45) is 11.0. The minimum Gasteiger partial charge on any atom is -0.501 e. The zero-order chi connectivity index (χ0) is 13.1. The number of methoxy groups -OCH3 is 1. The summed E-state index contributed by atoms with van der Waals surface area (Å²) >= 11 is 0. The first-order valence-electron chi connectivity index (χ1n) is 7.00. The SMILES string of the molecule is COC1=CCOC(/C=C/c2ccc3c(c2)CCC3)C1. The van der Waals surface area contributed by atoms with E-state index in [9.17, 15) is 0 Å². The third-order valence-electron chi connectivity index (χ3n) is 3.91. The Balaban J connectivity index is 1.68. The molecule has 2 aliphatic rings. The highest BCUT2D eigenvalue weighted by molar-refractivity contribution is 5.53. The molecule has 2 heteroatoms. The summed E-state index contributed by atoms with van der Waals surface area (Å²) in [6.45, 7) is 0.641. The van der Waals surface area contributed by atoms with Gasteiger partial charge in [-0.05, 0) is 42.0 Å². The van der Waals surface area contributed by atoms with E-state index in [0.29, 0.717) is 6.61 Å². The Morgan fingerprint density at radius 2 is 2.16 bits per heavy atom. The van der Waals surface area contributed by atoms with Crippen LogP contribution in [0.4, 0.5) is 0 Å². The molecule has 2 nitrogen and oxygen atoms in total. The maximum Gasteiger partial charge on any atom is 0.0967 e. The first kappa shape index (κ1) is 12.5. The van der Waals surface area contributed by atoms with Crippen molar-refractivity contribution in [2.45, 2.75) is 31.8 Å². The quantitative estimate of drug-likeness (QED) is 0.824. The fourth-order valence-corrected chi connectivity index (χ4v) is 2.81. The molecule has 3 rings (SSSR count). The van der Waals surface area contributed by atoms with Crippen LogP contribution in [0.1, 0.15) is 29.5 Å². The van der Waals surface area contributed by atoms with E-state index in [0.717, 1.165) is 12.2 Å². The summed E-state index contributed by atoms with van der Waals surface area (Å²) in [7, 11) is 1.72. The van der Waals surface area contributed by atoms with Crippen LogP contribution in [0.3, 0.4) is 0 Å². The predicted octanol–water partition coefficient (Wildman–Crippen LogP) is 3.51. The number of ether oxygens (including phenoxy) is 2. The van der Waals surface area contributed by atoms with E-state index in [2.05, 4.69) is 30.4 Å². The molecule has 19 heavy (non-hydrogen) atoms. The van der Waals surface area contributed by atoms with E-state index in [1.54, 1.807) is 7.11 Å². The normalized spacial score (nSPS) is 22.4. The summed E-state index contributed by atoms with van der Waals surface area (Å²) in [6, 6.07) is 6.79. The fraction of sp³-hybridized carbons (Fsp3) is 0.412. The van der Waals surface area contributed by atoms with Crippen molar-refractivity contribution in [3.05, 3.63) is 52.8 Å². The average Bonchev–Trinajstić information content (AvgIpc) is 2.93. The summed E-state index contributed by atoms with van der Waals surface area (Å²) in [5.74, 6) is 1.02. The predicted molar refractivity (Wildman–Crippen MR) is 77.0 cm³/mol. The van der Waals surface area contributed by atoms with Crippen LogP contribution in [0.2, 0.25) is 0 Å². The molecule has 0 aromatic heterocycles. The standard InChI is InChI=1S/C17H20O2/c1-18-16-9-10-19-17(12-16)8-6-13-5-7-14-3-2-4-15(14)11-13/h5-9,11,17H,2-4,10,12H2,1H3/b8-6+. The second kappa shape index (κ2) is 5.62. The molecule has 1 aromatic rings. The smallest absolute Gasteiger partial charge is 0.0967 e. The second-order valence-corrected chi connectivity index (χ2v) is 5.19. The molecule has 1 heterocycles. The highest BCUT2D eigenvalue weighted by Crippen LogP contribution is 2.24. The highest BCUT2D eigenvalue weighted by atomic mass is 16.5. The van der Waals surface area contributed by atoms with Gasteiger partial charge in [-0.3, -0.25) is 0 Å². The van der Waals surface area contributed by atoms with Gasteiger partial charge in [0.25, 0.3) is 0 Å². The molecule has 0 N–H and O–H groups in total. The van der Waals surface area contributed by atoms with Crippen LogP contribution in [-0.4, -0.2) is 19.8 Å². The number of benzene rings is 1. The Bertz CT molecular complexity index is 514. The van der Waals surface area contributed by atoms with Crippen molar-refractivity contribution < 1.29 is 9.47 Å². The summed E-state index contributed by atoms with van der Waals surface area (Å²) < 4.78 is 11.0. The third kappa shape index (κ3) is 2.90. The van der Waals surface area contributed by atoms with Gasteiger partial charge in [0, 0.05) is 6.42 Å². The molecule has 0 bridgehead atoms. The van der Waals surface area contributed by atoms with Crippen LogP contribution in [0.5, 0.6) is 0 Å². The minimum atomic E-state index is 0.133. The van der Waals surface area contributed by atoms with Gasteiger partial charge >= 0.3 is 0 Å². The molecule has 0 spiro atoms. The van der Waals surface area contributed by atoms with Gasteiger partial charge < -0.3 is 9.47 Å². The van der Waals surface area contributed by atoms with Crippen molar-refractivity contribution in [3.8, 4) is 0 Å². The first-order valence-corrected chi connectivity index (χ1v) is 7.00. The Morgan fingerprint density at radius 1 is 1.26 bits per heavy atom. The van der Waals surface area contributed by atoms with E-state index in [1.807, 2.05) is 6.08 Å². The number of aryl methyl sites for hydroxylation is 2. The maximum absolute atomic E-state index is 5.68. The molecule has 0 saturated heterocycles. The number of rotatable bonds is 3. The molecule has 1 aromatic carbocycles. The zero-order valence-corrected chi connectivity index (χ0v) is 11.4. The largest absolute Gasteiger partial charge is 0.501 e. The van der Waals surface area contributed by atoms with Crippen LogP contribution >= 0.6 is 0 Å². The Kier molecular flexibility index (Phi) is 3.69. The number of hydrogen-bond donors (Lipinski definition) is 0. The molecular weight excluding hydrogens is 236 g/mol. The van der Waals surface area contributed by atoms with E-state index in [1.165, 1.54) is 36.0 Å². The Labute approximate surface area is 114 Å². The second-order valence-electron chi connectivity index (χ2n) is 5.19. The van der Waals surface area contributed by atoms with Crippen molar-refractivity contribution in [2.24, 2.45) is 0 Å². The first-order chi connectivity index (χ1) is 9.35. The van der Waals surface area contributed by atoms with Gasteiger partial charge in [-0.1, -0.05) is 30.4 Å². The Hall–Kier alpha value is -1.54. The average molecular weight is 256 g/mol. The van der Waals surface area contributed by atoms with Crippen molar-refractivity contribution in [2.75, 3.05) is 13.7 Å². The Morgan fingerprint density at radius 3 is 3.05 bits per heavy atom. The molecular formula is C17H20O2. The summed E-state index contributed by atoms with van der Waals surface area (Å²) in [5.41, 5.74) is 4.32. The van der Waals surface area contributed by atoms with Gasteiger partial charge in [0.1, 0.15) is 0 Å². The van der Waals surface area contributed by atoms with Crippen LogP contribution in [-0.2, 0) is 22.3 Å². The fourth-order valence-electron chi connectivity index (χ4n) is 2.81. The van der Waals surface area contributed by atoms with Gasteiger partial charge in [0.2, 0.25) is 0 Å². The van der Waals surface area contributed by atoms with Gasteiger partial charge in [-0.25, -0.2) is 0 Å². The van der Waals surface area contributed by atoms with Crippen LogP contribution < -0.4 is 0 Å². The molecule has 1 atom stereocenters.